The molecule has 1 aliphatic rings. The van der Waals surface area contributed by atoms with Gasteiger partial charge in [0.1, 0.15) is 18.1 Å². The Balaban J connectivity index is 1.36. The van der Waals surface area contributed by atoms with Gasteiger partial charge in [-0.3, -0.25) is 4.79 Å². The van der Waals surface area contributed by atoms with Crippen molar-refractivity contribution in [3.63, 3.8) is 0 Å². The lowest BCUT2D eigenvalue weighted by atomic mass is 10.2. The molecule has 0 radical (unpaired) electrons. The Morgan fingerprint density at radius 1 is 1.03 bits per heavy atom. The minimum Gasteiger partial charge on any atom is -0.494 e. The van der Waals surface area contributed by atoms with Crippen LogP contribution >= 0.6 is 0 Å². The molecule has 0 saturated heterocycles. The van der Waals surface area contributed by atoms with Crippen molar-refractivity contribution in [1.82, 2.24) is 15.1 Å². The molecule has 0 atom stereocenters. The van der Waals surface area contributed by atoms with Crippen molar-refractivity contribution in [2.45, 2.75) is 26.2 Å². The molecular weight excluding hydrogens is 366 g/mol. The summed E-state index contributed by atoms with van der Waals surface area (Å²) in [4.78, 5) is 12.7. The molecule has 0 fully saturated rings. The van der Waals surface area contributed by atoms with Gasteiger partial charge in [-0.05, 0) is 62.6 Å². The largest absolute Gasteiger partial charge is 0.494 e. The number of amides is 1. The number of benzene rings is 2. The highest BCUT2D eigenvalue weighted by Crippen LogP contribution is 2.27. The van der Waals surface area contributed by atoms with E-state index in [1.165, 1.54) is 0 Å². The van der Waals surface area contributed by atoms with E-state index < -0.39 is 0 Å². The lowest BCUT2D eigenvalue weighted by Crippen LogP contribution is -2.29. The third-order valence-electron chi connectivity index (χ3n) is 4.94. The molecule has 0 unspecified atom stereocenters. The minimum atomic E-state index is -0.145. The highest BCUT2D eigenvalue weighted by atomic mass is 16.5. The molecule has 6 nitrogen and oxygen atoms in total. The molecule has 1 amide bonds. The van der Waals surface area contributed by atoms with Gasteiger partial charge in [0.25, 0.3) is 5.91 Å². The van der Waals surface area contributed by atoms with E-state index in [1.807, 2.05) is 66.2 Å². The molecule has 29 heavy (non-hydrogen) atoms. The van der Waals surface area contributed by atoms with Gasteiger partial charge in [-0.2, -0.15) is 5.10 Å². The molecule has 2 aromatic carbocycles. The summed E-state index contributed by atoms with van der Waals surface area (Å²) >= 11 is 0. The van der Waals surface area contributed by atoms with Crippen molar-refractivity contribution in [2.24, 2.45) is 0 Å². The number of hydrogen-bond acceptors (Lipinski definition) is 4. The predicted molar refractivity (Wildman–Crippen MR) is 111 cm³/mol. The Labute approximate surface area is 170 Å². The summed E-state index contributed by atoms with van der Waals surface area (Å²) in [6.07, 6.45) is 2.90. The van der Waals surface area contributed by atoms with Crippen LogP contribution in [-0.2, 0) is 12.8 Å². The third-order valence-corrected chi connectivity index (χ3v) is 4.94. The van der Waals surface area contributed by atoms with E-state index in [0.29, 0.717) is 25.5 Å². The second-order valence-electron chi connectivity index (χ2n) is 6.88. The third kappa shape index (κ3) is 4.26. The van der Waals surface area contributed by atoms with Crippen LogP contribution in [0, 0.1) is 0 Å². The van der Waals surface area contributed by atoms with Crippen molar-refractivity contribution in [1.29, 1.82) is 0 Å². The molecular formula is C23H25N3O3. The van der Waals surface area contributed by atoms with E-state index >= 15 is 0 Å². The quantitative estimate of drug-likeness (QED) is 0.596. The van der Waals surface area contributed by atoms with Gasteiger partial charge in [-0.25, -0.2) is 4.68 Å². The number of ether oxygens (including phenoxy) is 2. The maximum Gasteiger partial charge on any atom is 0.272 e. The number of hydrogen-bond donors (Lipinski definition) is 1. The van der Waals surface area contributed by atoms with Crippen molar-refractivity contribution in [3.05, 3.63) is 71.5 Å². The molecule has 1 heterocycles. The van der Waals surface area contributed by atoms with Crippen LogP contribution < -0.4 is 14.8 Å². The Hall–Kier alpha value is -3.28. The number of rotatable bonds is 8. The van der Waals surface area contributed by atoms with Gasteiger partial charge in [0.15, 0.2) is 5.69 Å². The van der Waals surface area contributed by atoms with Crippen molar-refractivity contribution in [3.8, 4) is 17.2 Å². The number of carbonyl (C=O) groups excluding carboxylic acids is 1. The average Bonchev–Trinajstić information content (AvgIpc) is 3.36. The Morgan fingerprint density at radius 3 is 2.48 bits per heavy atom. The van der Waals surface area contributed by atoms with Crippen LogP contribution in [0.5, 0.6) is 11.5 Å². The van der Waals surface area contributed by atoms with Gasteiger partial charge in [0.05, 0.1) is 18.8 Å². The minimum absolute atomic E-state index is 0.145. The van der Waals surface area contributed by atoms with Crippen LogP contribution in [0.1, 0.15) is 35.1 Å². The molecule has 1 aliphatic carbocycles. The van der Waals surface area contributed by atoms with Crippen LogP contribution in [0.25, 0.3) is 5.69 Å². The normalized spacial score (nSPS) is 12.4. The van der Waals surface area contributed by atoms with E-state index in [1.54, 1.807) is 0 Å². The number of fused-ring (bicyclic) bond motifs is 1. The Bertz CT molecular complexity index is 965. The van der Waals surface area contributed by atoms with E-state index in [-0.39, 0.29) is 5.91 Å². The zero-order chi connectivity index (χ0) is 20.1. The number of nitrogens with one attached hydrogen (secondary N) is 1. The molecule has 3 aromatic rings. The molecule has 1 aromatic heterocycles. The molecule has 1 N–H and O–H groups in total. The van der Waals surface area contributed by atoms with Crippen LogP contribution in [-0.4, -0.2) is 35.4 Å². The highest BCUT2D eigenvalue weighted by Gasteiger charge is 2.26. The molecule has 0 saturated carbocycles. The molecule has 6 heteroatoms. The number of carbonyl (C=O) groups is 1. The topological polar surface area (TPSA) is 65.4 Å². The Kier molecular flexibility index (Phi) is 5.79. The molecule has 150 valence electrons. The van der Waals surface area contributed by atoms with E-state index in [4.69, 9.17) is 9.47 Å². The molecule has 4 rings (SSSR count). The van der Waals surface area contributed by atoms with Gasteiger partial charge in [-0.1, -0.05) is 18.2 Å². The number of nitrogens with zero attached hydrogens (tertiary/aromatic N) is 2. The first-order valence-corrected chi connectivity index (χ1v) is 10.1. The first kappa shape index (κ1) is 19.1. The van der Waals surface area contributed by atoms with Crippen LogP contribution in [0.15, 0.2) is 54.6 Å². The molecule has 0 aliphatic heterocycles. The average molecular weight is 391 g/mol. The van der Waals surface area contributed by atoms with Crippen molar-refractivity contribution < 1.29 is 14.3 Å². The predicted octanol–water partition coefficient (Wildman–Crippen LogP) is 3.57. The lowest BCUT2D eigenvalue weighted by molar-refractivity contribution is 0.0940. The van der Waals surface area contributed by atoms with Crippen LogP contribution in [0.4, 0.5) is 0 Å². The van der Waals surface area contributed by atoms with Gasteiger partial charge in [0, 0.05) is 11.3 Å². The first-order valence-electron chi connectivity index (χ1n) is 10.1. The zero-order valence-electron chi connectivity index (χ0n) is 16.6. The van der Waals surface area contributed by atoms with Gasteiger partial charge in [-0.15, -0.1) is 0 Å². The van der Waals surface area contributed by atoms with Crippen molar-refractivity contribution >= 4 is 5.91 Å². The highest BCUT2D eigenvalue weighted by molar-refractivity contribution is 5.94. The van der Waals surface area contributed by atoms with Gasteiger partial charge in [0.2, 0.25) is 0 Å². The SMILES string of the molecule is CCOc1ccc(OCCNC(=O)c2nn(-c3ccccc3)c3c2CCC3)cc1. The summed E-state index contributed by atoms with van der Waals surface area (Å²) in [5.74, 6) is 1.42. The standard InChI is InChI=1S/C23H25N3O3/c1-2-28-18-11-13-19(14-12-18)29-16-15-24-23(27)22-20-9-6-10-21(20)26(25-22)17-7-4-3-5-8-17/h3-5,7-8,11-14H,2,6,9-10,15-16H2,1H3,(H,24,27). The first-order chi connectivity index (χ1) is 14.3. The number of para-hydroxylation sites is 1. The fourth-order valence-electron chi connectivity index (χ4n) is 3.62. The smallest absolute Gasteiger partial charge is 0.272 e. The fourth-order valence-corrected chi connectivity index (χ4v) is 3.62. The van der Waals surface area contributed by atoms with Gasteiger partial charge >= 0.3 is 0 Å². The maximum absolute atomic E-state index is 12.7. The summed E-state index contributed by atoms with van der Waals surface area (Å²) in [7, 11) is 0. The van der Waals surface area contributed by atoms with E-state index in [0.717, 1.165) is 47.7 Å². The zero-order valence-corrected chi connectivity index (χ0v) is 16.6. The molecule has 0 bridgehead atoms. The number of aromatic nitrogens is 2. The summed E-state index contributed by atoms with van der Waals surface area (Å²) in [5, 5.41) is 7.55. The second kappa shape index (κ2) is 8.82. The summed E-state index contributed by atoms with van der Waals surface area (Å²) in [6, 6.07) is 17.4. The monoisotopic (exact) mass is 391 g/mol. The lowest BCUT2D eigenvalue weighted by Gasteiger charge is -2.08. The van der Waals surface area contributed by atoms with Crippen LogP contribution in [0.2, 0.25) is 0 Å². The second-order valence-corrected chi connectivity index (χ2v) is 6.88. The van der Waals surface area contributed by atoms with Gasteiger partial charge < -0.3 is 14.8 Å². The summed E-state index contributed by atoms with van der Waals surface area (Å²) in [5.41, 5.74) is 3.73. The van der Waals surface area contributed by atoms with Crippen LogP contribution in [0.3, 0.4) is 0 Å². The summed E-state index contributed by atoms with van der Waals surface area (Å²) < 4.78 is 13.0. The van der Waals surface area contributed by atoms with E-state index in [2.05, 4.69) is 10.4 Å². The van der Waals surface area contributed by atoms with E-state index in [9.17, 15) is 4.79 Å². The maximum atomic E-state index is 12.7. The molecule has 0 spiro atoms. The Morgan fingerprint density at radius 2 is 1.76 bits per heavy atom. The van der Waals surface area contributed by atoms with Crippen molar-refractivity contribution in [2.75, 3.05) is 19.8 Å². The summed E-state index contributed by atoms with van der Waals surface area (Å²) in [6.45, 7) is 3.39. The fraction of sp³-hybridized carbons (Fsp3) is 0.304.